The number of aliphatic imine (C=N–C) groups is 1. The van der Waals surface area contributed by atoms with Crippen LogP contribution in [0, 0.1) is 5.41 Å². The molecule has 0 aliphatic heterocycles. The third kappa shape index (κ3) is 5.49. The van der Waals surface area contributed by atoms with Crippen molar-refractivity contribution in [3.8, 4) is 0 Å². The summed E-state index contributed by atoms with van der Waals surface area (Å²) in [6, 6.07) is 1.93. The first-order valence-electron chi connectivity index (χ1n) is 10.5. The third-order valence-corrected chi connectivity index (χ3v) is 5.69. The molecule has 0 spiro atoms. The molecule has 0 aliphatic rings. The van der Waals surface area contributed by atoms with Gasteiger partial charge in [0.15, 0.2) is 0 Å². The summed E-state index contributed by atoms with van der Waals surface area (Å²) in [5.74, 6) is 0.960. The summed E-state index contributed by atoms with van der Waals surface area (Å²) in [4.78, 5) is 14.0. The zero-order valence-electron chi connectivity index (χ0n) is 20.2. The Kier molecular flexibility index (Phi) is 6.94. The minimum atomic E-state index is -1.29. The Balaban J connectivity index is 2.56. The molecule has 2 aromatic heterocycles. The third-order valence-electron chi connectivity index (χ3n) is 5.69. The van der Waals surface area contributed by atoms with E-state index < -0.39 is 5.67 Å². The fraction of sp³-hybridized carbons (Fsp3) is 0.480. The molecule has 0 amide bonds. The Labute approximate surface area is 185 Å². The molecule has 2 aromatic rings. The lowest BCUT2D eigenvalue weighted by atomic mass is 9.76. The molecule has 2 N–H and O–H groups in total. The van der Waals surface area contributed by atoms with Crippen LogP contribution in [-0.4, -0.2) is 26.0 Å². The lowest BCUT2D eigenvalue weighted by molar-refractivity contribution is 0.201. The SMILES string of the molecule is C=C(/N=C(/N)C(=C(C)C)C(C)(C)C(=C)C)c1nc(CCC(C)(C)F)nc2c1ccn2C. The van der Waals surface area contributed by atoms with Crippen molar-refractivity contribution < 1.29 is 4.39 Å². The Morgan fingerprint density at radius 2 is 1.77 bits per heavy atom. The van der Waals surface area contributed by atoms with E-state index in [1.54, 1.807) is 13.8 Å². The van der Waals surface area contributed by atoms with Gasteiger partial charge in [-0.15, -0.1) is 0 Å². The van der Waals surface area contributed by atoms with Crippen LogP contribution < -0.4 is 5.73 Å². The molecule has 2 rings (SSSR count). The van der Waals surface area contributed by atoms with Crippen LogP contribution in [0.3, 0.4) is 0 Å². The number of halogens is 1. The molecule has 6 heteroatoms. The first kappa shape index (κ1) is 24.5. The zero-order valence-corrected chi connectivity index (χ0v) is 20.2. The maximum atomic E-state index is 14.1. The van der Waals surface area contributed by atoms with E-state index in [1.165, 1.54) is 0 Å². The van der Waals surface area contributed by atoms with Gasteiger partial charge in [0.05, 0.1) is 5.70 Å². The molecule has 0 atom stereocenters. The van der Waals surface area contributed by atoms with E-state index in [9.17, 15) is 4.39 Å². The lowest BCUT2D eigenvalue weighted by Crippen LogP contribution is -2.29. The molecule has 0 radical (unpaired) electrons. The molecular weight excluding hydrogens is 389 g/mol. The molecule has 0 aromatic carbocycles. The van der Waals surface area contributed by atoms with Crippen molar-refractivity contribution in [1.82, 2.24) is 14.5 Å². The highest BCUT2D eigenvalue weighted by molar-refractivity contribution is 6.03. The van der Waals surface area contributed by atoms with Crippen LogP contribution in [-0.2, 0) is 13.5 Å². The predicted molar refractivity (Wildman–Crippen MR) is 130 cm³/mol. The second kappa shape index (κ2) is 8.77. The average molecular weight is 426 g/mol. The number of allylic oxidation sites excluding steroid dienone is 2. The van der Waals surface area contributed by atoms with Gasteiger partial charge in [0.1, 0.15) is 28.7 Å². The van der Waals surface area contributed by atoms with Gasteiger partial charge in [-0.25, -0.2) is 19.4 Å². The molecule has 2 heterocycles. The van der Waals surface area contributed by atoms with E-state index in [2.05, 4.69) is 42.0 Å². The number of nitrogens with zero attached hydrogens (tertiary/aromatic N) is 4. The van der Waals surface area contributed by atoms with Crippen LogP contribution in [0.4, 0.5) is 4.39 Å². The van der Waals surface area contributed by atoms with Crippen LogP contribution in [0.25, 0.3) is 16.7 Å². The minimum absolute atomic E-state index is 0.328. The highest BCUT2D eigenvalue weighted by Crippen LogP contribution is 2.36. The number of amidine groups is 1. The number of alkyl halides is 1. The number of aromatic nitrogens is 3. The van der Waals surface area contributed by atoms with Crippen molar-refractivity contribution in [3.63, 3.8) is 0 Å². The van der Waals surface area contributed by atoms with Gasteiger partial charge in [0.25, 0.3) is 0 Å². The molecule has 0 bridgehead atoms. The van der Waals surface area contributed by atoms with Crippen molar-refractivity contribution in [1.29, 1.82) is 0 Å². The van der Waals surface area contributed by atoms with E-state index in [4.69, 9.17) is 5.73 Å². The summed E-state index contributed by atoms with van der Waals surface area (Å²) in [6.45, 7) is 21.6. The van der Waals surface area contributed by atoms with E-state index in [-0.39, 0.29) is 5.41 Å². The summed E-state index contributed by atoms with van der Waals surface area (Å²) in [5.41, 5.74) is 9.67. The quantitative estimate of drug-likeness (QED) is 0.324. The molecule has 0 unspecified atom stereocenters. The fourth-order valence-corrected chi connectivity index (χ4v) is 3.59. The van der Waals surface area contributed by atoms with Gasteiger partial charge in [-0.2, -0.15) is 0 Å². The van der Waals surface area contributed by atoms with Crippen LogP contribution in [0.15, 0.2) is 47.1 Å². The van der Waals surface area contributed by atoms with Gasteiger partial charge in [-0.3, -0.25) is 0 Å². The molecule has 0 saturated heterocycles. The monoisotopic (exact) mass is 425 g/mol. The van der Waals surface area contributed by atoms with Crippen LogP contribution in [0.2, 0.25) is 0 Å². The number of fused-ring (bicyclic) bond motifs is 1. The Hall–Kier alpha value is -2.76. The summed E-state index contributed by atoms with van der Waals surface area (Å²) >= 11 is 0. The number of hydrogen-bond donors (Lipinski definition) is 1. The molecular formula is C25H36FN5. The summed E-state index contributed by atoms with van der Waals surface area (Å²) < 4.78 is 16.0. The summed E-state index contributed by atoms with van der Waals surface area (Å²) in [7, 11) is 1.92. The van der Waals surface area contributed by atoms with Gasteiger partial charge in [-0.1, -0.05) is 38.2 Å². The van der Waals surface area contributed by atoms with Crippen molar-refractivity contribution in [2.75, 3.05) is 0 Å². The van der Waals surface area contributed by atoms with Crippen LogP contribution in [0.1, 0.15) is 66.4 Å². The number of hydrogen-bond acceptors (Lipinski definition) is 3. The summed E-state index contributed by atoms with van der Waals surface area (Å²) in [5, 5.41) is 0.838. The first-order valence-corrected chi connectivity index (χ1v) is 10.5. The molecule has 31 heavy (non-hydrogen) atoms. The number of nitrogens with two attached hydrogens (primary N) is 1. The van der Waals surface area contributed by atoms with E-state index in [0.717, 1.165) is 27.8 Å². The highest BCUT2D eigenvalue weighted by atomic mass is 19.1. The minimum Gasteiger partial charge on any atom is -0.383 e. The number of aryl methyl sites for hydroxylation is 2. The molecule has 0 aliphatic carbocycles. The Morgan fingerprint density at radius 1 is 1.16 bits per heavy atom. The van der Waals surface area contributed by atoms with Gasteiger partial charge in [0.2, 0.25) is 0 Å². The normalized spacial score (nSPS) is 12.9. The second-order valence-electron chi connectivity index (χ2n) is 9.60. The van der Waals surface area contributed by atoms with Gasteiger partial charge >= 0.3 is 0 Å². The molecule has 0 saturated carbocycles. The number of rotatable bonds is 8. The molecule has 168 valence electrons. The van der Waals surface area contributed by atoms with Crippen molar-refractivity contribution in [3.05, 3.63) is 53.7 Å². The van der Waals surface area contributed by atoms with Crippen molar-refractivity contribution in [2.45, 2.75) is 67.0 Å². The first-order chi connectivity index (χ1) is 14.1. The average Bonchev–Trinajstić information content (AvgIpc) is 2.99. The van der Waals surface area contributed by atoms with Crippen molar-refractivity contribution in [2.24, 2.45) is 23.2 Å². The van der Waals surface area contributed by atoms with Gasteiger partial charge in [-0.05, 0) is 47.1 Å². The molecule has 0 fully saturated rings. The summed E-state index contributed by atoms with van der Waals surface area (Å²) in [6.07, 6.45) is 2.67. The standard InChI is InChI=1S/C25H36FN5/c1-15(2)20(25(8,9)16(3)4)22(27)28-17(5)21-18-12-14-31(10)23(18)30-19(29-21)11-13-24(6,7)26/h12,14H,3,5,11,13H2,1-2,4,6-10H3,(H2,27,28). The lowest BCUT2D eigenvalue weighted by Gasteiger charge is -2.30. The molecule has 5 nitrogen and oxygen atoms in total. The van der Waals surface area contributed by atoms with Crippen LogP contribution >= 0.6 is 0 Å². The van der Waals surface area contributed by atoms with Crippen LogP contribution in [0.5, 0.6) is 0 Å². The maximum absolute atomic E-state index is 14.1. The highest BCUT2D eigenvalue weighted by Gasteiger charge is 2.28. The second-order valence-corrected chi connectivity index (χ2v) is 9.60. The van der Waals surface area contributed by atoms with E-state index >= 15 is 0 Å². The predicted octanol–water partition coefficient (Wildman–Crippen LogP) is 5.92. The van der Waals surface area contributed by atoms with Crippen molar-refractivity contribution >= 4 is 22.6 Å². The Morgan fingerprint density at radius 3 is 2.29 bits per heavy atom. The Bertz CT molecular complexity index is 1070. The van der Waals surface area contributed by atoms with E-state index in [0.29, 0.717) is 35.9 Å². The maximum Gasteiger partial charge on any atom is 0.144 e. The van der Waals surface area contributed by atoms with E-state index in [1.807, 2.05) is 44.6 Å². The topological polar surface area (TPSA) is 69.1 Å². The fourth-order valence-electron chi connectivity index (χ4n) is 3.59. The van der Waals surface area contributed by atoms with Gasteiger partial charge in [0, 0.05) is 36.0 Å². The zero-order chi connectivity index (χ0) is 23.7. The largest absolute Gasteiger partial charge is 0.383 e. The van der Waals surface area contributed by atoms with Gasteiger partial charge < -0.3 is 10.3 Å². The smallest absolute Gasteiger partial charge is 0.144 e.